The van der Waals surface area contributed by atoms with E-state index in [1.165, 1.54) is 11.8 Å². The Hall–Kier alpha value is -3.59. The van der Waals surface area contributed by atoms with Crippen LogP contribution in [-0.2, 0) is 17.9 Å². The Balaban J connectivity index is 1.60. The van der Waals surface area contributed by atoms with Crippen molar-refractivity contribution in [2.75, 3.05) is 18.2 Å². The van der Waals surface area contributed by atoms with Crippen LogP contribution in [0.3, 0.4) is 0 Å². The molecule has 0 saturated carbocycles. The van der Waals surface area contributed by atoms with Gasteiger partial charge in [0, 0.05) is 17.8 Å². The van der Waals surface area contributed by atoms with E-state index in [-0.39, 0.29) is 24.1 Å². The molecule has 0 atom stereocenters. The Kier molecular flexibility index (Phi) is 8.26. The highest BCUT2D eigenvalue weighted by Gasteiger charge is 2.15. The molecule has 8 nitrogen and oxygen atoms in total. The van der Waals surface area contributed by atoms with Crippen molar-refractivity contribution in [2.24, 2.45) is 0 Å². The number of nitrogens with zero attached hydrogens (tertiary/aromatic N) is 3. The van der Waals surface area contributed by atoms with Crippen LogP contribution in [-0.4, -0.2) is 39.4 Å². The summed E-state index contributed by atoms with van der Waals surface area (Å²) in [6.45, 7) is 8.42. The highest BCUT2D eigenvalue weighted by atomic mass is 32.2. The quantitative estimate of drug-likeness (QED) is 0.350. The van der Waals surface area contributed by atoms with Gasteiger partial charge in [0.25, 0.3) is 5.91 Å². The second-order valence-corrected chi connectivity index (χ2v) is 8.36. The Morgan fingerprint density at radius 2 is 1.82 bits per heavy atom. The van der Waals surface area contributed by atoms with E-state index >= 15 is 0 Å². The summed E-state index contributed by atoms with van der Waals surface area (Å²) in [5.41, 5.74) is 3.46. The van der Waals surface area contributed by atoms with Gasteiger partial charge < -0.3 is 19.9 Å². The fourth-order valence-corrected chi connectivity index (χ4v) is 4.01. The number of amides is 2. The zero-order valence-corrected chi connectivity index (χ0v) is 19.7. The zero-order valence-electron chi connectivity index (χ0n) is 18.9. The summed E-state index contributed by atoms with van der Waals surface area (Å²) in [6.07, 6.45) is 1.72. The fourth-order valence-electron chi connectivity index (χ4n) is 3.25. The number of aryl methyl sites for hydroxylation is 2. The number of rotatable bonds is 10. The first-order valence-electron chi connectivity index (χ1n) is 10.4. The molecule has 172 valence electrons. The molecule has 0 fully saturated rings. The van der Waals surface area contributed by atoms with Gasteiger partial charge in [0.05, 0.1) is 19.4 Å². The number of nitrogens with one attached hydrogen (secondary N) is 2. The summed E-state index contributed by atoms with van der Waals surface area (Å²) < 4.78 is 6.94. The third kappa shape index (κ3) is 6.69. The topological polar surface area (TPSA) is 98.1 Å². The lowest BCUT2D eigenvalue weighted by atomic mass is 10.1. The van der Waals surface area contributed by atoms with Gasteiger partial charge in [-0.15, -0.1) is 16.8 Å². The Morgan fingerprint density at radius 1 is 1.12 bits per heavy atom. The normalized spacial score (nSPS) is 10.5. The lowest BCUT2D eigenvalue weighted by Crippen LogP contribution is -2.24. The van der Waals surface area contributed by atoms with Crippen molar-refractivity contribution in [2.45, 2.75) is 32.1 Å². The molecular weight excluding hydrogens is 438 g/mol. The van der Waals surface area contributed by atoms with Crippen LogP contribution < -0.4 is 15.4 Å². The van der Waals surface area contributed by atoms with Crippen LogP contribution in [0.25, 0.3) is 0 Å². The van der Waals surface area contributed by atoms with Gasteiger partial charge in [-0.2, -0.15) is 0 Å². The number of aromatic nitrogens is 3. The Morgan fingerprint density at radius 3 is 2.45 bits per heavy atom. The Labute approximate surface area is 197 Å². The van der Waals surface area contributed by atoms with E-state index in [4.69, 9.17) is 4.74 Å². The number of benzene rings is 2. The third-order valence-corrected chi connectivity index (χ3v) is 5.67. The highest BCUT2D eigenvalue weighted by Crippen LogP contribution is 2.19. The zero-order chi connectivity index (χ0) is 23.8. The average Bonchev–Trinajstić information content (AvgIpc) is 3.17. The van der Waals surface area contributed by atoms with E-state index in [1.807, 2.05) is 30.5 Å². The van der Waals surface area contributed by atoms with Crippen molar-refractivity contribution in [1.29, 1.82) is 0 Å². The van der Waals surface area contributed by atoms with E-state index in [2.05, 4.69) is 33.5 Å². The highest BCUT2D eigenvalue weighted by molar-refractivity contribution is 7.99. The standard InChI is InChI=1S/C24H27N5O3S/c1-5-10-29-21(14-25-23(31)18-6-8-20(32-4)9-7-18)27-28-24(29)33-15-22(30)26-19-12-16(2)11-17(3)13-19/h5-9,11-13H,1,10,14-15H2,2-4H3,(H,25,31)(H,26,30). The van der Waals surface area contributed by atoms with Gasteiger partial charge >= 0.3 is 0 Å². The second kappa shape index (κ2) is 11.3. The molecule has 3 aromatic rings. The summed E-state index contributed by atoms with van der Waals surface area (Å²) in [5, 5.41) is 14.7. The minimum Gasteiger partial charge on any atom is -0.497 e. The van der Waals surface area contributed by atoms with Gasteiger partial charge in [-0.25, -0.2) is 0 Å². The van der Waals surface area contributed by atoms with E-state index in [1.54, 1.807) is 37.5 Å². The summed E-state index contributed by atoms with van der Waals surface area (Å²) in [5.74, 6) is 1.08. The minimum absolute atomic E-state index is 0.132. The molecule has 2 aromatic carbocycles. The molecule has 33 heavy (non-hydrogen) atoms. The number of carbonyl (C=O) groups is 2. The number of carbonyl (C=O) groups excluding carboxylic acids is 2. The molecule has 0 spiro atoms. The number of thioether (sulfide) groups is 1. The van der Waals surface area contributed by atoms with Gasteiger partial charge in [-0.1, -0.05) is 23.9 Å². The van der Waals surface area contributed by atoms with Gasteiger partial charge in [-0.05, 0) is 61.4 Å². The summed E-state index contributed by atoms with van der Waals surface area (Å²) in [4.78, 5) is 24.9. The monoisotopic (exact) mass is 465 g/mol. The fraction of sp³-hybridized carbons (Fsp3) is 0.250. The van der Waals surface area contributed by atoms with E-state index in [0.717, 1.165) is 16.8 Å². The molecule has 2 amide bonds. The molecule has 0 radical (unpaired) electrons. The first kappa shape index (κ1) is 24.1. The maximum atomic E-state index is 12.4. The molecule has 0 bridgehead atoms. The van der Waals surface area contributed by atoms with Crippen LogP contribution in [0.5, 0.6) is 5.75 Å². The molecule has 0 aliphatic rings. The van der Waals surface area contributed by atoms with Crippen molar-refractivity contribution in [1.82, 2.24) is 20.1 Å². The van der Waals surface area contributed by atoms with E-state index in [0.29, 0.717) is 28.8 Å². The van der Waals surface area contributed by atoms with Gasteiger partial charge in [0.2, 0.25) is 5.91 Å². The van der Waals surface area contributed by atoms with Crippen molar-refractivity contribution >= 4 is 29.3 Å². The maximum absolute atomic E-state index is 12.4. The predicted molar refractivity (Wildman–Crippen MR) is 130 cm³/mol. The van der Waals surface area contributed by atoms with Gasteiger partial charge in [-0.3, -0.25) is 9.59 Å². The second-order valence-electron chi connectivity index (χ2n) is 7.42. The van der Waals surface area contributed by atoms with Crippen molar-refractivity contribution in [3.63, 3.8) is 0 Å². The van der Waals surface area contributed by atoms with Crippen LogP contribution in [0.15, 0.2) is 60.3 Å². The number of hydrogen-bond acceptors (Lipinski definition) is 6. The smallest absolute Gasteiger partial charge is 0.251 e. The first-order valence-corrected chi connectivity index (χ1v) is 11.3. The largest absolute Gasteiger partial charge is 0.497 e. The van der Waals surface area contributed by atoms with Crippen LogP contribution in [0.1, 0.15) is 27.3 Å². The molecule has 0 unspecified atom stereocenters. The maximum Gasteiger partial charge on any atom is 0.251 e. The number of hydrogen-bond donors (Lipinski definition) is 2. The number of ether oxygens (including phenoxy) is 1. The molecule has 3 rings (SSSR count). The number of anilines is 1. The lowest BCUT2D eigenvalue weighted by Gasteiger charge is -2.10. The lowest BCUT2D eigenvalue weighted by molar-refractivity contribution is -0.113. The number of allylic oxidation sites excluding steroid dienone is 1. The first-order chi connectivity index (χ1) is 15.9. The molecule has 1 aromatic heterocycles. The van der Waals surface area contributed by atoms with Crippen LogP contribution >= 0.6 is 11.8 Å². The molecule has 1 heterocycles. The minimum atomic E-state index is -0.229. The number of methoxy groups -OCH3 is 1. The van der Waals surface area contributed by atoms with Gasteiger partial charge in [0.15, 0.2) is 11.0 Å². The summed E-state index contributed by atoms with van der Waals surface area (Å²) >= 11 is 1.28. The SMILES string of the molecule is C=CCn1c(CNC(=O)c2ccc(OC)cc2)nnc1SCC(=O)Nc1cc(C)cc(C)c1. The Bertz CT molecular complexity index is 1120. The molecular formula is C24H27N5O3S. The molecule has 0 aliphatic carbocycles. The van der Waals surface area contributed by atoms with E-state index < -0.39 is 0 Å². The molecule has 9 heteroatoms. The van der Waals surface area contributed by atoms with Gasteiger partial charge in [0.1, 0.15) is 5.75 Å². The van der Waals surface area contributed by atoms with Crippen LogP contribution in [0.2, 0.25) is 0 Å². The molecule has 0 aliphatic heterocycles. The van der Waals surface area contributed by atoms with Crippen LogP contribution in [0.4, 0.5) is 5.69 Å². The average molecular weight is 466 g/mol. The molecule has 0 saturated heterocycles. The summed E-state index contributed by atoms with van der Waals surface area (Å²) in [7, 11) is 1.57. The predicted octanol–water partition coefficient (Wildman–Crippen LogP) is 3.75. The van der Waals surface area contributed by atoms with E-state index in [9.17, 15) is 9.59 Å². The van der Waals surface area contributed by atoms with Crippen molar-refractivity contribution in [3.8, 4) is 5.75 Å². The third-order valence-electron chi connectivity index (χ3n) is 4.70. The molecule has 2 N–H and O–H groups in total. The summed E-state index contributed by atoms with van der Waals surface area (Å²) in [6, 6.07) is 12.8. The van der Waals surface area contributed by atoms with Crippen molar-refractivity contribution in [3.05, 3.63) is 77.6 Å². The van der Waals surface area contributed by atoms with Crippen LogP contribution in [0, 0.1) is 13.8 Å². The van der Waals surface area contributed by atoms with Crippen molar-refractivity contribution < 1.29 is 14.3 Å².